The molecule has 2 saturated heterocycles. The normalized spacial score (nSPS) is 29.8. The van der Waals surface area contributed by atoms with Crippen molar-refractivity contribution in [3.63, 3.8) is 0 Å². The summed E-state index contributed by atoms with van der Waals surface area (Å²) < 4.78 is 11.2. The Kier molecular flexibility index (Phi) is 4.54. The monoisotopic (exact) mass is 293 g/mol. The molecule has 2 fully saturated rings. The summed E-state index contributed by atoms with van der Waals surface area (Å²) in [5, 5.41) is 3.70. The summed E-state index contributed by atoms with van der Waals surface area (Å²) in [4.78, 5) is 0. The van der Waals surface area contributed by atoms with Crippen LogP contribution in [0.1, 0.15) is 24.8 Å². The van der Waals surface area contributed by atoms with E-state index in [0.717, 1.165) is 31.7 Å². The topological polar surface area (TPSA) is 30.5 Å². The maximum atomic E-state index is 6.06. The van der Waals surface area contributed by atoms with E-state index in [1.807, 2.05) is 23.9 Å². The Bertz CT molecular complexity index is 429. The third-order valence-corrected chi connectivity index (χ3v) is 5.54. The van der Waals surface area contributed by atoms with Crippen LogP contribution in [0.4, 0.5) is 0 Å². The Morgan fingerprint density at radius 2 is 2.25 bits per heavy atom. The Hall–Kier alpha value is -0.710. The largest absolute Gasteiger partial charge is 0.497 e. The zero-order chi connectivity index (χ0) is 13.8. The third-order valence-electron chi connectivity index (χ3n) is 4.31. The number of ether oxygens (including phenoxy) is 2. The van der Waals surface area contributed by atoms with Crippen LogP contribution in [0.15, 0.2) is 24.3 Å². The number of hydrogen-bond acceptors (Lipinski definition) is 4. The summed E-state index contributed by atoms with van der Waals surface area (Å²) in [5.74, 6) is 3.35. The first-order chi connectivity index (χ1) is 9.80. The van der Waals surface area contributed by atoms with Gasteiger partial charge in [-0.3, -0.25) is 0 Å². The SMILES string of the molecule is COc1ccc(CNC2CCOC3(CCSC3)C2)cc1. The van der Waals surface area contributed by atoms with E-state index in [9.17, 15) is 0 Å². The fourth-order valence-corrected chi connectivity index (χ4v) is 4.45. The van der Waals surface area contributed by atoms with E-state index in [1.54, 1.807) is 7.11 Å². The van der Waals surface area contributed by atoms with Crippen molar-refractivity contribution in [2.75, 3.05) is 25.2 Å². The minimum Gasteiger partial charge on any atom is -0.497 e. The summed E-state index contributed by atoms with van der Waals surface area (Å²) in [6.07, 6.45) is 3.51. The second kappa shape index (κ2) is 6.37. The summed E-state index contributed by atoms with van der Waals surface area (Å²) in [7, 11) is 1.70. The molecule has 0 bridgehead atoms. The summed E-state index contributed by atoms with van der Waals surface area (Å²) >= 11 is 2.03. The van der Waals surface area contributed by atoms with E-state index < -0.39 is 0 Å². The minimum absolute atomic E-state index is 0.167. The zero-order valence-electron chi connectivity index (χ0n) is 12.1. The fraction of sp³-hybridized carbons (Fsp3) is 0.625. The molecule has 0 aromatic heterocycles. The standard InChI is InChI=1S/C16H23NO2S/c1-18-15-4-2-13(3-5-15)11-17-14-6-8-19-16(10-14)7-9-20-12-16/h2-5,14,17H,6-12H2,1H3. The van der Waals surface area contributed by atoms with E-state index in [-0.39, 0.29) is 5.60 Å². The molecule has 1 N–H and O–H groups in total. The molecule has 1 aromatic carbocycles. The van der Waals surface area contributed by atoms with Gasteiger partial charge in [-0.2, -0.15) is 11.8 Å². The van der Waals surface area contributed by atoms with Crippen molar-refractivity contribution in [3.05, 3.63) is 29.8 Å². The maximum Gasteiger partial charge on any atom is 0.118 e. The summed E-state index contributed by atoms with van der Waals surface area (Å²) in [6.45, 7) is 1.83. The quantitative estimate of drug-likeness (QED) is 0.925. The molecule has 3 nitrogen and oxygen atoms in total. The first-order valence-electron chi connectivity index (χ1n) is 7.38. The van der Waals surface area contributed by atoms with E-state index in [2.05, 4.69) is 17.4 Å². The van der Waals surface area contributed by atoms with Gasteiger partial charge in [0.1, 0.15) is 5.75 Å². The second-order valence-corrected chi connectivity index (χ2v) is 6.86. The van der Waals surface area contributed by atoms with Crippen molar-refractivity contribution in [2.24, 2.45) is 0 Å². The molecular weight excluding hydrogens is 270 g/mol. The van der Waals surface area contributed by atoms with Crippen LogP contribution in [0.2, 0.25) is 0 Å². The highest BCUT2D eigenvalue weighted by Gasteiger charge is 2.40. The van der Waals surface area contributed by atoms with Gasteiger partial charge < -0.3 is 14.8 Å². The molecule has 0 amide bonds. The van der Waals surface area contributed by atoms with Crippen molar-refractivity contribution in [1.82, 2.24) is 5.32 Å². The van der Waals surface area contributed by atoms with E-state index in [4.69, 9.17) is 9.47 Å². The van der Waals surface area contributed by atoms with Gasteiger partial charge in [0.05, 0.1) is 12.7 Å². The number of thioether (sulfide) groups is 1. The van der Waals surface area contributed by atoms with Crippen LogP contribution in [0, 0.1) is 0 Å². The predicted molar refractivity (Wildman–Crippen MR) is 83.5 cm³/mol. The van der Waals surface area contributed by atoms with Gasteiger partial charge in [-0.1, -0.05) is 12.1 Å². The molecule has 20 heavy (non-hydrogen) atoms. The van der Waals surface area contributed by atoms with Crippen LogP contribution in [0.25, 0.3) is 0 Å². The molecule has 1 aromatic rings. The van der Waals surface area contributed by atoms with Crippen molar-refractivity contribution in [1.29, 1.82) is 0 Å². The predicted octanol–water partition coefficient (Wildman–Crippen LogP) is 2.84. The molecular formula is C16H23NO2S. The Balaban J connectivity index is 1.52. The molecule has 0 saturated carbocycles. The van der Waals surface area contributed by atoms with E-state index in [1.165, 1.54) is 23.5 Å². The average molecular weight is 293 g/mol. The Labute approximate surface area is 125 Å². The average Bonchev–Trinajstić information content (AvgIpc) is 2.93. The zero-order valence-corrected chi connectivity index (χ0v) is 12.9. The van der Waals surface area contributed by atoms with Crippen LogP contribution in [-0.2, 0) is 11.3 Å². The van der Waals surface area contributed by atoms with Crippen LogP contribution in [0.5, 0.6) is 5.75 Å². The van der Waals surface area contributed by atoms with Crippen molar-refractivity contribution < 1.29 is 9.47 Å². The van der Waals surface area contributed by atoms with Crippen molar-refractivity contribution in [3.8, 4) is 5.75 Å². The molecule has 4 heteroatoms. The van der Waals surface area contributed by atoms with Gasteiger partial charge in [-0.05, 0) is 42.7 Å². The lowest BCUT2D eigenvalue weighted by Crippen LogP contribution is -2.47. The molecule has 0 radical (unpaired) electrons. The molecule has 2 unspecified atom stereocenters. The molecule has 2 atom stereocenters. The van der Waals surface area contributed by atoms with E-state index >= 15 is 0 Å². The van der Waals surface area contributed by atoms with Crippen molar-refractivity contribution in [2.45, 2.75) is 37.5 Å². The lowest BCUT2D eigenvalue weighted by Gasteiger charge is -2.38. The van der Waals surface area contributed by atoms with Gasteiger partial charge in [-0.25, -0.2) is 0 Å². The highest BCUT2D eigenvalue weighted by Crippen LogP contribution is 2.38. The third kappa shape index (κ3) is 3.30. The summed E-state index contributed by atoms with van der Waals surface area (Å²) in [6, 6.07) is 8.90. The van der Waals surface area contributed by atoms with Crippen LogP contribution in [-0.4, -0.2) is 36.9 Å². The van der Waals surface area contributed by atoms with Gasteiger partial charge in [-0.15, -0.1) is 0 Å². The van der Waals surface area contributed by atoms with Gasteiger partial charge in [0.15, 0.2) is 0 Å². The molecule has 2 heterocycles. The highest BCUT2D eigenvalue weighted by atomic mass is 32.2. The molecule has 1 spiro atoms. The molecule has 3 rings (SSSR count). The number of hydrogen-bond donors (Lipinski definition) is 1. The van der Waals surface area contributed by atoms with Crippen molar-refractivity contribution >= 4 is 11.8 Å². The maximum absolute atomic E-state index is 6.06. The lowest BCUT2D eigenvalue weighted by molar-refractivity contribution is -0.0703. The number of nitrogens with one attached hydrogen (secondary N) is 1. The van der Waals surface area contributed by atoms with Crippen LogP contribution in [0.3, 0.4) is 0 Å². The number of benzene rings is 1. The first-order valence-corrected chi connectivity index (χ1v) is 8.53. The number of rotatable bonds is 4. The summed E-state index contributed by atoms with van der Waals surface area (Å²) in [5.41, 5.74) is 1.48. The molecule has 110 valence electrons. The minimum atomic E-state index is 0.167. The van der Waals surface area contributed by atoms with Gasteiger partial charge in [0.2, 0.25) is 0 Å². The Morgan fingerprint density at radius 3 is 2.95 bits per heavy atom. The van der Waals surface area contributed by atoms with Crippen LogP contribution < -0.4 is 10.1 Å². The Morgan fingerprint density at radius 1 is 1.40 bits per heavy atom. The van der Waals surface area contributed by atoms with E-state index in [0.29, 0.717) is 6.04 Å². The smallest absolute Gasteiger partial charge is 0.118 e. The number of methoxy groups -OCH3 is 1. The second-order valence-electron chi connectivity index (χ2n) is 5.75. The van der Waals surface area contributed by atoms with Gasteiger partial charge in [0.25, 0.3) is 0 Å². The first kappa shape index (κ1) is 14.2. The van der Waals surface area contributed by atoms with Gasteiger partial charge >= 0.3 is 0 Å². The lowest BCUT2D eigenvalue weighted by atomic mass is 9.90. The van der Waals surface area contributed by atoms with Gasteiger partial charge in [0, 0.05) is 24.9 Å². The highest BCUT2D eigenvalue weighted by molar-refractivity contribution is 7.99. The van der Waals surface area contributed by atoms with Crippen LogP contribution >= 0.6 is 11.8 Å². The fourth-order valence-electron chi connectivity index (χ4n) is 3.07. The molecule has 2 aliphatic heterocycles. The molecule has 0 aliphatic carbocycles. The molecule has 2 aliphatic rings.